The summed E-state index contributed by atoms with van der Waals surface area (Å²) in [7, 11) is 0. The molecule has 0 heterocycles. The SMILES string of the molecule is Cc1cc2ccccc2c2ccccc12.Cc1ccc(-c2ccc(N(c3ccc(-c4ccccc4)cc3)c3ccc4ccccc4c3)cc2)cc1. The highest BCUT2D eigenvalue weighted by molar-refractivity contribution is 6.08. The predicted octanol–water partition coefficient (Wildman–Crippen LogP) is 14.3. The lowest BCUT2D eigenvalue weighted by Crippen LogP contribution is -2.09. The number of hydrogen-bond donors (Lipinski definition) is 0. The van der Waals surface area contributed by atoms with Crippen LogP contribution in [-0.4, -0.2) is 0 Å². The van der Waals surface area contributed by atoms with Gasteiger partial charge in [0, 0.05) is 17.1 Å². The van der Waals surface area contributed by atoms with Crippen LogP contribution in [0.1, 0.15) is 11.1 Å². The van der Waals surface area contributed by atoms with E-state index in [4.69, 9.17) is 0 Å². The van der Waals surface area contributed by atoms with Gasteiger partial charge in [-0.25, -0.2) is 0 Å². The molecule has 0 amide bonds. The van der Waals surface area contributed by atoms with Crippen molar-refractivity contribution >= 4 is 49.4 Å². The molecule has 0 spiro atoms. The van der Waals surface area contributed by atoms with Crippen LogP contribution >= 0.6 is 0 Å². The Labute approximate surface area is 300 Å². The predicted molar refractivity (Wildman–Crippen MR) is 220 cm³/mol. The van der Waals surface area contributed by atoms with Crippen LogP contribution in [0.25, 0.3) is 54.6 Å². The Kier molecular flexibility index (Phi) is 8.85. The first-order valence-electron chi connectivity index (χ1n) is 17.6. The van der Waals surface area contributed by atoms with Gasteiger partial charge in [0.05, 0.1) is 0 Å². The van der Waals surface area contributed by atoms with Crippen molar-refractivity contribution in [3.05, 3.63) is 211 Å². The fourth-order valence-corrected chi connectivity index (χ4v) is 6.99. The highest BCUT2D eigenvalue weighted by Gasteiger charge is 2.14. The van der Waals surface area contributed by atoms with Crippen molar-refractivity contribution in [3.63, 3.8) is 0 Å². The molecule has 0 aromatic heterocycles. The van der Waals surface area contributed by atoms with Gasteiger partial charge in [-0.05, 0) is 110 Å². The molecule has 9 aromatic rings. The molecule has 1 heteroatoms. The molecular formula is C50H39N. The molecule has 51 heavy (non-hydrogen) atoms. The minimum atomic E-state index is 1.13. The first kappa shape index (κ1) is 31.8. The second kappa shape index (κ2) is 14.2. The van der Waals surface area contributed by atoms with Gasteiger partial charge in [0.2, 0.25) is 0 Å². The van der Waals surface area contributed by atoms with Crippen LogP contribution in [-0.2, 0) is 0 Å². The molecule has 244 valence electrons. The first-order chi connectivity index (χ1) is 25.1. The molecule has 0 atom stereocenters. The fourth-order valence-electron chi connectivity index (χ4n) is 6.99. The van der Waals surface area contributed by atoms with Crippen LogP contribution in [0.2, 0.25) is 0 Å². The first-order valence-corrected chi connectivity index (χ1v) is 17.6. The van der Waals surface area contributed by atoms with Crippen molar-refractivity contribution in [3.8, 4) is 22.3 Å². The van der Waals surface area contributed by atoms with E-state index in [1.165, 1.54) is 65.7 Å². The number of anilines is 3. The lowest BCUT2D eigenvalue weighted by atomic mass is 9.98. The van der Waals surface area contributed by atoms with Crippen molar-refractivity contribution in [2.45, 2.75) is 13.8 Å². The number of aryl methyl sites for hydroxylation is 2. The van der Waals surface area contributed by atoms with Gasteiger partial charge in [-0.1, -0.05) is 169 Å². The molecule has 0 radical (unpaired) electrons. The molecular weight excluding hydrogens is 615 g/mol. The van der Waals surface area contributed by atoms with E-state index < -0.39 is 0 Å². The fraction of sp³-hybridized carbons (Fsp3) is 0.0400. The van der Waals surface area contributed by atoms with Gasteiger partial charge in [0.25, 0.3) is 0 Å². The van der Waals surface area contributed by atoms with E-state index in [1.807, 2.05) is 0 Å². The van der Waals surface area contributed by atoms with Gasteiger partial charge < -0.3 is 4.90 Å². The van der Waals surface area contributed by atoms with Crippen molar-refractivity contribution in [1.82, 2.24) is 0 Å². The molecule has 0 aliphatic heterocycles. The Morgan fingerprint density at radius 3 is 1.37 bits per heavy atom. The third-order valence-electron chi connectivity index (χ3n) is 9.71. The molecule has 9 rings (SSSR count). The quantitative estimate of drug-likeness (QED) is 0.167. The van der Waals surface area contributed by atoms with E-state index in [1.54, 1.807) is 0 Å². The molecule has 0 unspecified atom stereocenters. The van der Waals surface area contributed by atoms with Gasteiger partial charge in [-0.3, -0.25) is 0 Å². The zero-order valence-corrected chi connectivity index (χ0v) is 29.0. The van der Waals surface area contributed by atoms with E-state index >= 15 is 0 Å². The normalized spacial score (nSPS) is 10.9. The van der Waals surface area contributed by atoms with Gasteiger partial charge >= 0.3 is 0 Å². The van der Waals surface area contributed by atoms with Crippen LogP contribution in [0.4, 0.5) is 17.1 Å². The van der Waals surface area contributed by atoms with Crippen LogP contribution in [0.3, 0.4) is 0 Å². The summed E-state index contributed by atoms with van der Waals surface area (Å²) in [6.07, 6.45) is 0. The number of rotatable bonds is 5. The average Bonchev–Trinajstić information content (AvgIpc) is 3.20. The second-order valence-corrected chi connectivity index (χ2v) is 13.2. The van der Waals surface area contributed by atoms with Crippen molar-refractivity contribution < 1.29 is 0 Å². The molecule has 0 aliphatic rings. The molecule has 0 fully saturated rings. The number of fused-ring (bicyclic) bond motifs is 4. The Bertz CT molecular complexity index is 2570. The van der Waals surface area contributed by atoms with Gasteiger partial charge in [-0.15, -0.1) is 0 Å². The Morgan fingerprint density at radius 1 is 0.294 bits per heavy atom. The molecule has 1 nitrogen and oxygen atoms in total. The van der Waals surface area contributed by atoms with Gasteiger partial charge in [-0.2, -0.15) is 0 Å². The largest absolute Gasteiger partial charge is 0.310 e. The summed E-state index contributed by atoms with van der Waals surface area (Å²) in [4.78, 5) is 2.33. The highest BCUT2D eigenvalue weighted by Crippen LogP contribution is 2.38. The minimum Gasteiger partial charge on any atom is -0.310 e. The zero-order valence-electron chi connectivity index (χ0n) is 29.0. The summed E-state index contributed by atoms with van der Waals surface area (Å²) < 4.78 is 0. The lowest BCUT2D eigenvalue weighted by Gasteiger charge is -2.26. The third kappa shape index (κ3) is 6.75. The van der Waals surface area contributed by atoms with Crippen LogP contribution in [0.15, 0.2) is 200 Å². The maximum absolute atomic E-state index is 2.33. The Morgan fingerprint density at radius 2 is 0.745 bits per heavy atom. The van der Waals surface area contributed by atoms with E-state index in [0.717, 1.165) is 17.1 Å². The molecule has 0 saturated carbocycles. The number of nitrogens with zero attached hydrogens (tertiary/aromatic N) is 1. The van der Waals surface area contributed by atoms with Crippen LogP contribution in [0.5, 0.6) is 0 Å². The number of benzene rings is 9. The van der Waals surface area contributed by atoms with Crippen LogP contribution in [0, 0.1) is 13.8 Å². The topological polar surface area (TPSA) is 3.24 Å². The smallest absolute Gasteiger partial charge is 0.0468 e. The third-order valence-corrected chi connectivity index (χ3v) is 9.71. The molecule has 9 aromatic carbocycles. The monoisotopic (exact) mass is 653 g/mol. The van der Waals surface area contributed by atoms with Gasteiger partial charge in [0.1, 0.15) is 0 Å². The summed E-state index contributed by atoms with van der Waals surface area (Å²) in [5.41, 5.74) is 10.9. The number of hydrogen-bond acceptors (Lipinski definition) is 1. The Hall–Kier alpha value is -6.44. The molecule has 0 aliphatic carbocycles. The molecule has 0 N–H and O–H groups in total. The molecule has 0 saturated heterocycles. The summed E-state index contributed by atoms with van der Waals surface area (Å²) in [5, 5.41) is 7.87. The average molecular weight is 654 g/mol. The molecule has 0 bridgehead atoms. The van der Waals surface area contributed by atoms with Gasteiger partial charge in [0.15, 0.2) is 0 Å². The summed E-state index contributed by atoms with van der Waals surface area (Å²) in [6, 6.07) is 71.6. The second-order valence-electron chi connectivity index (χ2n) is 13.2. The Balaban J connectivity index is 0.000000207. The maximum atomic E-state index is 2.33. The van der Waals surface area contributed by atoms with Crippen molar-refractivity contribution in [2.75, 3.05) is 4.90 Å². The van der Waals surface area contributed by atoms with Crippen LogP contribution < -0.4 is 4.90 Å². The standard InChI is InChI=1S/C35H27N.C15H12/c1-26-11-13-29(14-12-26)31-17-22-34(23-18-31)36(35-24-19-28-9-5-6-10-32(28)25-35)33-20-15-30(16-21-33)27-7-3-2-4-8-27;1-11-10-12-6-2-3-8-14(12)15-9-5-4-7-13(11)15/h2-25H,1H3;2-10H,1H3. The van der Waals surface area contributed by atoms with Crippen molar-refractivity contribution in [1.29, 1.82) is 0 Å². The summed E-state index contributed by atoms with van der Waals surface area (Å²) in [6.45, 7) is 4.30. The summed E-state index contributed by atoms with van der Waals surface area (Å²) in [5.74, 6) is 0. The lowest BCUT2D eigenvalue weighted by molar-refractivity contribution is 1.29. The highest BCUT2D eigenvalue weighted by atomic mass is 15.1. The zero-order chi connectivity index (χ0) is 34.6. The minimum absolute atomic E-state index is 1.13. The summed E-state index contributed by atoms with van der Waals surface area (Å²) >= 11 is 0. The maximum Gasteiger partial charge on any atom is 0.0468 e. The van der Waals surface area contributed by atoms with E-state index in [0.29, 0.717) is 0 Å². The van der Waals surface area contributed by atoms with Crippen molar-refractivity contribution in [2.24, 2.45) is 0 Å². The van der Waals surface area contributed by atoms with E-state index in [9.17, 15) is 0 Å². The van der Waals surface area contributed by atoms with E-state index in [2.05, 4.69) is 219 Å². The van der Waals surface area contributed by atoms with E-state index in [-0.39, 0.29) is 0 Å².